The average Bonchev–Trinajstić information content (AvgIpc) is 3.74. The Labute approximate surface area is 288 Å². The van der Waals surface area contributed by atoms with Gasteiger partial charge in [0.15, 0.2) is 11.5 Å². The molecule has 2 aromatic carbocycles. The number of benzene rings is 2. The number of anilines is 4. The maximum Gasteiger partial charge on any atom is 0.248 e. The highest BCUT2D eigenvalue weighted by Crippen LogP contribution is 2.40. The molecule has 4 aromatic heterocycles. The Morgan fingerprint density at radius 1 is 1.00 bits per heavy atom. The molecule has 2 N–H and O–H groups in total. The molecule has 1 amide bonds. The van der Waals surface area contributed by atoms with Gasteiger partial charge in [-0.2, -0.15) is 5.10 Å². The molecule has 0 unspecified atom stereocenters. The number of carbonyl (C=O) groups excluding carboxylic acids is 1. The molecule has 0 atom stereocenters. The Morgan fingerprint density at radius 3 is 2.67 bits per heavy atom. The number of carbonyl (C=O) groups is 1. The second kappa shape index (κ2) is 14.0. The van der Waals surface area contributed by atoms with Crippen molar-refractivity contribution < 1.29 is 9.53 Å². The van der Waals surface area contributed by atoms with Gasteiger partial charge < -0.3 is 30.1 Å². The van der Waals surface area contributed by atoms with Crippen LogP contribution in [-0.2, 0) is 4.79 Å². The molecule has 1 aliphatic heterocycles. The van der Waals surface area contributed by atoms with Crippen LogP contribution in [0, 0.1) is 6.92 Å². The minimum atomic E-state index is -0.147. The summed E-state index contributed by atoms with van der Waals surface area (Å²) in [7, 11) is 6.09. The molecule has 6 aromatic rings. The van der Waals surface area contributed by atoms with Gasteiger partial charge in [-0.1, -0.05) is 12.1 Å². The van der Waals surface area contributed by atoms with Crippen LogP contribution in [0.4, 0.5) is 22.9 Å². The number of fused-ring (bicyclic) bond motifs is 2. The third-order valence-corrected chi connectivity index (χ3v) is 9.53. The van der Waals surface area contributed by atoms with Crippen LogP contribution in [0.2, 0.25) is 0 Å². The van der Waals surface area contributed by atoms with Gasteiger partial charge in [0.2, 0.25) is 5.91 Å². The lowest BCUT2D eigenvalue weighted by Crippen LogP contribution is -2.44. The molecule has 1 aliphatic rings. The molecular formula is C36H38N10O2S. The van der Waals surface area contributed by atoms with E-state index >= 15 is 0 Å². The van der Waals surface area contributed by atoms with Crippen LogP contribution in [0.1, 0.15) is 5.56 Å². The number of nitrogens with one attached hydrogen (secondary N) is 2. The lowest BCUT2D eigenvalue weighted by atomic mass is 10.1. The molecule has 49 heavy (non-hydrogen) atoms. The number of nitrogens with zero attached hydrogens (tertiary/aromatic N) is 8. The van der Waals surface area contributed by atoms with Gasteiger partial charge in [-0.05, 0) is 81.7 Å². The lowest BCUT2D eigenvalue weighted by molar-refractivity contribution is -0.111. The molecule has 0 spiro atoms. The molecule has 13 heteroatoms. The molecule has 0 aliphatic carbocycles. The standard InChI is InChI=1S/C36H38N10O2S/c1-24-18-26(8-10-31(24)48-27-11-13-46-33(20-27)38-23-40-46)41-36-35-29(37-22-39-36)21-32(49-35)25-7-9-30(45-16-14-44(4)15-17-45)28(19-25)42-34(47)6-5-12-43(2)3/h5-11,13,18-23H,12,14-17H2,1-4H3,(H,42,47)(H,37,39,41)/b6-5+. The van der Waals surface area contributed by atoms with Crippen LogP contribution in [-0.4, -0.2) is 94.1 Å². The van der Waals surface area contributed by atoms with Crippen molar-refractivity contribution in [2.45, 2.75) is 6.92 Å². The monoisotopic (exact) mass is 674 g/mol. The first-order valence-corrected chi connectivity index (χ1v) is 16.9. The summed E-state index contributed by atoms with van der Waals surface area (Å²) < 4.78 is 8.79. The fourth-order valence-corrected chi connectivity index (χ4v) is 6.76. The van der Waals surface area contributed by atoms with E-state index in [1.807, 2.05) is 68.5 Å². The van der Waals surface area contributed by atoms with E-state index in [-0.39, 0.29) is 5.91 Å². The molecule has 1 fully saturated rings. The number of thiophene rings is 1. The Balaban J connectivity index is 1.13. The van der Waals surface area contributed by atoms with E-state index in [0.717, 1.165) is 86.7 Å². The average molecular weight is 675 g/mol. The second-order valence-electron chi connectivity index (χ2n) is 12.4. The minimum Gasteiger partial charge on any atom is -0.457 e. The highest BCUT2D eigenvalue weighted by atomic mass is 32.1. The second-order valence-corrected chi connectivity index (χ2v) is 13.4. The molecule has 12 nitrogen and oxygen atoms in total. The molecule has 7 rings (SSSR count). The Bertz CT molecular complexity index is 2150. The number of hydrogen-bond donors (Lipinski definition) is 2. The van der Waals surface area contributed by atoms with Crippen molar-refractivity contribution in [2.24, 2.45) is 0 Å². The van der Waals surface area contributed by atoms with E-state index in [1.165, 1.54) is 6.33 Å². The van der Waals surface area contributed by atoms with Gasteiger partial charge >= 0.3 is 0 Å². The summed E-state index contributed by atoms with van der Waals surface area (Å²) in [5.41, 5.74) is 6.24. The topological polar surface area (TPSA) is 116 Å². The fraction of sp³-hybridized carbons (Fsp3) is 0.250. The minimum absolute atomic E-state index is 0.147. The number of ether oxygens (including phenoxy) is 1. The van der Waals surface area contributed by atoms with Gasteiger partial charge in [0.25, 0.3) is 0 Å². The summed E-state index contributed by atoms with van der Waals surface area (Å²) in [5.74, 6) is 2.01. The number of pyridine rings is 1. The first-order chi connectivity index (χ1) is 23.8. The molecular weight excluding hydrogens is 637 g/mol. The van der Waals surface area contributed by atoms with E-state index in [4.69, 9.17) is 4.74 Å². The third-order valence-electron chi connectivity index (χ3n) is 8.35. The van der Waals surface area contributed by atoms with Crippen molar-refractivity contribution in [1.82, 2.24) is 34.4 Å². The number of piperazine rings is 1. The van der Waals surface area contributed by atoms with Crippen LogP contribution in [0.3, 0.4) is 0 Å². The predicted octanol–water partition coefficient (Wildman–Crippen LogP) is 6.05. The first kappa shape index (κ1) is 32.2. The van der Waals surface area contributed by atoms with Crippen LogP contribution in [0.5, 0.6) is 11.5 Å². The fourth-order valence-electron chi connectivity index (χ4n) is 5.71. The smallest absolute Gasteiger partial charge is 0.248 e. The van der Waals surface area contributed by atoms with Crippen LogP contribution in [0.25, 0.3) is 26.3 Å². The number of hydrogen-bond acceptors (Lipinski definition) is 11. The number of amides is 1. The van der Waals surface area contributed by atoms with E-state index in [0.29, 0.717) is 12.3 Å². The van der Waals surface area contributed by atoms with E-state index in [9.17, 15) is 4.79 Å². The number of likely N-dealkylation sites (N-methyl/N-ethyl adjacent to an activating group) is 2. The number of aryl methyl sites for hydroxylation is 1. The van der Waals surface area contributed by atoms with E-state index in [1.54, 1.807) is 28.3 Å². The SMILES string of the molecule is Cc1cc(Nc2ncnc3cc(-c4ccc(N5CCN(C)CC5)c(NC(=O)/C=C/CN(C)C)c4)sc23)ccc1Oc1ccn2ncnc2c1. The van der Waals surface area contributed by atoms with Crippen molar-refractivity contribution in [1.29, 1.82) is 0 Å². The summed E-state index contributed by atoms with van der Waals surface area (Å²) in [4.78, 5) is 34.1. The highest BCUT2D eigenvalue weighted by molar-refractivity contribution is 7.22. The molecule has 250 valence electrons. The quantitative estimate of drug-likeness (QED) is 0.166. The molecule has 5 heterocycles. The summed E-state index contributed by atoms with van der Waals surface area (Å²) >= 11 is 1.62. The summed E-state index contributed by atoms with van der Waals surface area (Å²) in [6, 6.07) is 18.0. The first-order valence-electron chi connectivity index (χ1n) is 16.1. The zero-order chi connectivity index (χ0) is 33.9. The van der Waals surface area contributed by atoms with Gasteiger partial charge in [0, 0.05) is 61.6 Å². The van der Waals surface area contributed by atoms with Crippen molar-refractivity contribution in [3.8, 4) is 21.9 Å². The van der Waals surface area contributed by atoms with Crippen molar-refractivity contribution in [3.05, 3.63) is 91.2 Å². The van der Waals surface area contributed by atoms with Crippen LogP contribution >= 0.6 is 11.3 Å². The van der Waals surface area contributed by atoms with Gasteiger partial charge in [-0.3, -0.25) is 4.79 Å². The lowest BCUT2D eigenvalue weighted by Gasteiger charge is -2.35. The van der Waals surface area contributed by atoms with E-state index in [2.05, 4.69) is 71.8 Å². The van der Waals surface area contributed by atoms with Crippen molar-refractivity contribution in [2.75, 3.05) is 69.4 Å². The largest absolute Gasteiger partial charge is 0.457 e. The third kappa shape index (κ3) is 7.38. The maximum atomic E-state index is 13.0. The van der Waals surface area contributed by atoms with E-state index < -0.39 is 0 Å². The molecule has 1 saturated heterocycles. The Hall–Kier alpha value is -5.37. The Morgan fingerprint density at radius 2 is 1.86 bits per heavy atom. The zero-order valence-corrected chi connectivity index (χ0v) is 28.7. The molecule has 0 radical (unpaired) electrons. The number of rotatable bonds is 10. The highest BCUT2D eigenvalue weighted by Gasteiger charge is 2.20. The summed E-state index contributed by atoms with van der Waals surface area (Å²) in [6.07, 6.45) is 8.39. The van der Waals surface area contributed by atoms with Gasteiger partial charge in [-0.15, -0.1) is 11.3 Å². The van der Waals surface area contributed by atoms with Crippen molar-refractivity contribution in [3.63, 3.8) is 0 Å². The van der Waals surface area contributed by atoms with Gasteiger partial charge in [0.05, 0.1) is 21.6 Å². The maximum absolute atomic E-state index is 13.0. The van der Waals surface area contributed by atoms with Gasteiger partial charge in [0.1, 0.15) is 24.2 Å². The molecule has 0 saturated carbocycles. The zero-order valence-electron chi connectivity index (χ0n) is 27.9. The summed E-state index contributed by atoms with van der Waals surface area (Å²) in [5, 5.41) is 10.8. The van der Waals surface area contributed by atoms with Gasteiger partial charge in [-0.25, -0.2) is 19.5 Å². The Kier molecular flexibility index (Phi) is 9.20. The van der Waals surface area contributed by atoms with Crippen LogP contribution < -0.4 is 20.3 Å². The number of aromatic nitrogens is 5. The normalized spacial score (nSPS) is 13.9. The van der Waals surface area contributed by atoms with Crippen LogP contribution in [0.15, 0.2) is 85.6 Å². The molecule has 0 bridgehead atoms. The predicted molar refractivity (Wildman–Crippen MR) is 196 cm³/mol. The summed E-state index contributed by atoms with van der Waals surface area (Å²) in [6.45, 7) is 6.44. The van der Waals surface area contributed by atoms with Crippen molar-refractivity contribution >= 4 is 56.0 Å².